The quantitative estimate of drug-likeness (QED) is 0.224. The monoisotopic (exact) mass is 482 g/mol. The number of rotatable bonds is 6. The molecule has 0 aliphatic heterocycles. The number of non-ortho nitro benzene ring substituents is 1. The van der Waals surface area contributed by atoms with Crippen LogP contribution in [-0.4, -0.2) is 48.9 Å². The molecule has 35 heavy (non-hydrogen) atoms. The van der Waals surface area contributed by atoms with Crippen LogP contribution in [0.25, 0.3) is 5.69 Å². The normalized spacial score (nSPS) is 14.0. The van der Waals surface area contributed by atoms with Crippen molar-refractivity contribution < 1.29 is 34.1 Å². The van der Waals surface area contributed by atoms with Gasteiger partial charge in [0.2, 0.25) is 17.2 Å². The molecule has 14 heteroatoms. The number of H-pyrrole nitrogens is 1. The largest absolute Gasteiger partial charge is 0.461 e. The second kappa shape index (κ2) is 8.11. The Morgan fingerprint density at radius 2 is 1.66 bits per heavy atom. The van der Waals surface area contributed by atoms with Crippen molar-refractivity contribution in [2.45, 2.75) is 12.5 Å². The molecule has 0 fully saturated rings. The summed E-state index contributed by atoms with van der Waals surface area (Å²) < 4.78 is 5.31. The highest BCUT2D eigenvalue weighted by molar-refractivity contribution is 6.32. The van der Waals surface area contributed by atoms with Crippen LogP contribution in [-0.2, 0) is 10.3 Å². The summed E-state index contributed by atoms with van der Waals surface area (Å²) in [5, 5.41) is 36.2. The molecular formula is C21H14N4O10. The number of aromatic amines is 1. The second-order valence-corrected chi connectivity index (χ2v) is 7.32. The van der Waals surface area contributed by atoms with Crippen molar-refractivity contribution in [1.29, 1.82) is 0 Å². The molecule has 178 valence electrons. The molecule has 1 aliphatic rings. The molecule has 0 amide bonds. The molecule has 0 radical (unpaired) electrons. The Labute approximate surface area is 193 Å². The molecule has 14 nitrogen and oxygen atoms in total. The minimum atomic E-state index is -3.12. The maximum atomic E-state index is 13.4. The number of carbonyl (C=O) groups is 3. The van der Waals surface area contributed by atoms with E-state index in [1.54, 1.807) is 0 Å². The summed E-state index contributed by atoms with van der Waals surface area (Å²) in [6.07, 6.45) is 0. The van der Waals surface area contributed by atoms with Gasteiger partial charge >= 0.3 is 11.7 Å². The molecule has 0 spiro atoms. The number of carbonyl (C=O) groups excluding carboxylic acids is 3. The summed E-state index contributed by atoms with van der Waals surface area (Å²) in [6.45, 7) is 1.24. The summed E-state index contributed by atoms with van der Waals surface area (Å²) in [5.74, 6) is -3.58. The molecule has 2 aromatic carbocycles. The van der Waals surface area contributed by atoms with Gasteiger partial charge in [-0.1, -0.05) is 24.3 Å². The summed E-state index contributed by atoms with van der Waals surface area (Å²) in [6, 6.07) is 7.69. The van der Waals surface area contributed by atoms with Crippen LogP contribution in [0, 0.1) is 20.2 Å². The zero-order chi connectivity index (χ0) is 25.7. The number of ether oxygens (including phenoxy) is 1. The van der Waals surface area contributed by atoms with Gasteiger partial charge in [-0.2, -0.15) is 0 Å². The van der Waals surface area contributed by atoms with E-state index >= 15 is 0 Å². The third kappa shape index (κ3) is 3.31. The van der Waals surface area contributed by atoms with E-state index in [0.29, 0.717) is 10.7 Å². The molecule has 0 saturated carbocycles. The Hall–Kier alpha value is -4.98. The number of aliphatic hydroxyl groups is 1. The van der Waals surface area contributed by atoms with E-state index in [2.05, 4.69) is 5.10 Å². The topological polar surface area (TPSA) is 205 Å². The molecule has 1 aliphatic carbocycles. The highest BCUT2D eigenvalue weighted by Gasteiger charge is 2.57. The number of nitrogens with one attached hydrogen (secondary N) is 1. The fourth-order valence-electron chi connectivity index (χ4n) is 3.85. The number of Topliss-reactive ketones (excluding diaryl/α,β-unsaturated/α-hetero) is 2. The Bertz CT molecular complexity index is 1480. The first-order chi connectivity index (χ1) is 16.5. The number of hydrogen-bond acceptors (Lipinski definition) is 10. The maximum absolute atomic E-state index is 13.4. The van der Waals surface area contributed by atoms with Crippen molar-refractivity contribution in [2.75, 3.05) is 6.61 Å². The van der Waals surface area contributed by atoms with Gasteiger partial charge in [-0.05, 0) is 13.0 Å². The van der Waals surface area contributed by atoms with Gasteiger partial charge in [0.05, 0.1) is 28.1 Å². The Morgan fingerprint density at radius 1 is 1.06 bits per heavy atom. The predicted octanol–water partition coefficient (Wildman–Crippen LogP) is 1.43. The highest BCUT2D eigenvalue weighted by atomic mass is 16.6. The second-order valence-electron chi connectivity index (χ2n) is 7.32. The summed E-state index contributed by atoms with van der Waals surface area (Å²) in [4.78, 5) is 73.0. The molecule has 4 rings (SSSR count). The van der Waals surface area contributed by atoms with E-state index in [-0.39, 0.29) is 17.7 Å². The average Bonchev–Trinajstić information content (AvgIpc) is 3.27. The predicted molar refractivity (Wildman–Crippen MR) is 115 cm³/mol. The number of nitro groups is 2. The molecule has 0 saturated heterocycles. The molecule has 1 heterocycles. The minimum Gasteiger partial charge on any atom is -0.461 e. The van der Waals surface area contributed by atoms with E-state index in [1.807, 2.05) is 0 Å². The van der Waals surface area contributed by atoms with Crippen LogP contribution in [0.5, 0.6) is 0 Å². The van der Waals surface area contributed by atoms with Crippen molar-refractivity contribution >= 4 is 28.9 Å². The van der Waals surface area contributed by atoms with E-state index < -0.39 is 66.9 Å². The standard InChI is InChI=1S/C21H14N4O10/c1-2-35-20(29)16-15(21(30)17(26)11-5-3-4-6-12(11)18(21)27)19(28)23(22-16)13-8-7-10(24(31)32)9-14(13)25(33)34/h3-9,22,30H,2H2,1H3. The highest BCUT2D eigenvalue weighted by Crippen LogP contribution is 2.38. The van der Waals surface area contributed by atoms with Gasteiger partial charge in [0.25, 0.3) is 11.2 Å². The number of nitro benzene ring substituents is 2. The third-order valence-electron chi connectivity index (χ3n) is 5.41. The Balaban J connectivity index is 2.03. The zero-order valence-corrected chi connectivity index (χ0v) is 17.7. The van der Waals surface area contributed by atoms with Crippen molar-refractivity contribution in [1.82, 2.24) is 9.78 Å². The number of fused-ring (bicyclic) bond motifs is 1. The molecule has 3 aromatic rings. The number of ketones is 2. The Morgan fingerprint density at radius 3 is 2.17 bits per heavy atom. The third-order valence-corrected chi connectivity index (χ3v) is 5.41. The lowest BCUT2D eigenvalue weighted by molar-refractivity contribution is -0.394. The summed E-state index contributed by atoms with van der Waals surface area (Å²) >= 11 is 0. The first-order valence-corrected chi connectivity index (χ1v) is 9.90. The first kappa shape index (κ1) is 23.2. The number of benzene rings is 2. The van der Waals surface area contributed by atoms with E-state index in [0.717, 1.165) is 12.1 Å². The summed E-state index contributed by atoms with van der Waals surface area (Å²) in [7, 11) is 0. The van der Waals surface area contributed by atoms with E-state index in [9.17, 15) is 44.5 Å². The van der Waals surface area contributed by atoms with Crippen LogP contribution < -0.4 is 5.56 Å². The number of nitrogens with zero attached hydrogens (tertiary/aromatic N) is 3. The SMILES string of the molecule is CCOC(=O)c1[nH]n(-c2ccc([N+](=O)[O-])cc2[N+](=O)[O-])c(=O)c1C1(O)C(=O)c2ccccc2C1=O. The van der Waals surface area contributed by atoms with Gasteiger partial charge in [-0.15, -0.1) is 0 Å². The molecule has 2 N–H and O–H groups in total. The zero-order valence-electron chi connectivity index (χ0n) is 17.7. The van der Waals surface area contributed by atoms with Crippen LogP contribution >= 0.6 is 0 Å². The molecule has 1 aromatic heterocycles. The smallest absolute Gasteiger partial charge is 0.356 e. The van der Waals surface area contributed by atoms with Crippen molar-refractivity contribution in [3.63, 3.8) is 0 Å². The number of aromatic nitrogens is 2. The lowest BCUT2D eigenvalue weighted by Crippen LogP contribution is -2.43. The van der Waals surface area contributed by atoms with Gasteiger partial charge in [-0.3, -0.25) is 39.7 Å². The van der Waals surface area contributed by atoms with Gasteiger partial charge in [0.1, 0.15) is 5.69 Å². The first-order valence-electron chi connectivity index (χ1n) is 9.90. The number of hydrogen-bond donors (Lipinski definition) is 2. The van der Waals surface area contributed by atoms with Crippen LogP contribution in [0.3, 0.4) is 0 Å². The lowest BCUT2D eigenvalue weighted by atomic mass is 9.88. The molecule has 0 atom stereocenters. The fraction of sp³-hybridized carbons (Fsp3) is 0.143. The number of esters is 1. The lowest BCUT2D eigenvalue weighted by Gasteiger charge is -2.17. The van der Waals surface area contributed by atoms with Gasteiger partial charge < -0.3 is 9.84 Å². The maximum Gasteiger partial charge on any atom is 0.356 e. The summed E-state index contributed by atoms with van der Waals surface area (Å²) in [5.41, 5.74) is -8.74. The van der Waals surface area contributed by atoms with Crippen LogP contribution in [0.2, 0.25) is 0 Å². The molecule has 0 unspecified atom stereocenters. The molecule has 0 bridgehead atoms. The fourth-order valence-corrected chi connectivity index (χ4v) is 3.85. The van der Waals surface area contributed by atoms with Crippen LogP contribution in [0.15, 0.2) is 47.3 Å². The average molecular weight is 482 g/mol. The molecular weight excluding hydrogens is 468 g/mol. The van der Waals surface area contributed by atoms with Crippen molar-refractivity contribution in [3.05, 3.63) is 95.4 Å². The van der Waals surface area contributed by atoms with Crippen molar-refractivity contribution in [2.24, 2.45) is 0 Å². The van der Waals surface area contributed by atoms with Gasteiger partial charge in [0, 0.05) is 17.2 Å². The van der Waals surface area contributed by atoms with E-state index in [1.165, 1.54) is 31.2 Å². The van der Waals surface area contributed by atoms with Gasteiger partial charge in [0.15, 0.2) is 5.69 Å². The van der Waals surface area contributed by atoms with Crippen LogP contribution in [0.1, 0.15) is 43.7 Å². The Kier molecular flexibility index (Phi) is 5.37. The van der Waals surface area contributed by atoms with Gasteiger partial charge in [-0.25, -0.2) is 9.48 Å². The van der Waals surface area contributed by atoms with Crippen molar-refractivity contribution in [3.8, 4) is 5.69 Å². The van der Waals surface area contributed by atoms with E-state index in [4.69, 9.17) is 4.74 Å². The van der Waals surface area contributed by atoms with Crippen LogP contribution in [0.4, 0.5) is 11.4 Å². The minimum absolute atomic E-state index is 0.191.